The number of benzene rings is 1. The van der Waals surface area contributed by atoms with Crippen LogP contribution in [0.25, 0.3) is 0 Å². The smallest absolute Gasteiger partial charge is 0.422 e. The van der Waals surface area contributed by atoms with Crippen molar-refractivity contribution in [3.05, 3.63) is 53.7 Å². The molecule has 0 saturated carbocycles. The third-order valence-corrected chi connectivity index (χ3v) is 2.93. The van der Waals surface area contributed by atoms with E-state index in [1.165, 1.54) is 18.2 Å². The van der Waals surface area contributed by atoms with Crippen LogP contribution >= 0.6 is 0 Å². The number of carbonyl (C=O) groups is 1. The van der Waals surface area contributed by atoms with E-state index in [-0.39, 0.29) is 5.56 Å². The average Bonchev–Trinajstić information content (AvgIpc) is 2.57. The van der Waals surface area contributed by atoms with Crippen LogP contribution in [0.5, 0.6) is 5.88 Å². The quantitative estimate of drug-likeness (QED) is 0.613. The van der Waals surface area contributed by atoms with Gasteiger partial charge in [0, 0.05) is 6.20 Å². The molecule has 2 N–H and O–H groups in total. The van der Waals surface area contributed by atoms with Crippen molar-refractivity contribution >= 4 is 11.6 Å². The fraction of sp³-hybridized carbons (Fsp3) is 0.200. The fourth-order valence-corrected chi connectivity index (χ4v) is 1.86. The number of pyridine rings is 1. The van der Waals surface area contributed by atoms with E-state index in [1.807, 2.05) is 5.43 Å². The van der Waals surface area contributed by atoms with Crippen molar-refractivity contribution in [1.82, 2.24) is 10.4 Å². The lowest BCUT2D eigenvalue weighted by Crippen LogP contribution is -2.31. The summed E-state index contributed by atoms with van der Waals surface area (Å²) in [4.78, 5) is 15.6. The highest BCUT2D eigenvalue weighted by Gasteiger charge is 2.33. The Morgan fingerprint density at radius 1 is 1.04 bits per heavy atom. The minimum absolute atomic E-state index is 0.381. The number of nitrogens with one attached hydrogen (secondary N) is 2. The molecule has 0 fully saturated rings. The third-order valence-electron chi connectivity index (χ3n) is 2.93. The van der Waals surface area contributed by atoms with Gasteiger partial charge in [0.15, 0.2) is 6.61 Å². The first-order valence-corrected chi connectivity index (χ1v) is 6.95. The second-order valence-electron chi connectivity index (χ2n) is 4.88. The number of amides is 1. The van der Waals surface area contributed by atoms with Gasteiger partial charge in [0.05, 0.1) is 11.3 Å². The van der Waals surface area contributed by atoms with E-state index in [1.54, 1.807) is 0 Å². The zero-order valence-electron chi connectivity index (χ0n) is 12.8. The molecule has 5 nitrogen and oxygen atoms in total. The van der Waals surface area contributed by atoms with E-state index < -0.39 is 42.0 Å². The Labute approximate surface area is 143 Å². The zero-order valence-corrected chi connectivity index (χ0v) is 12.8. The maximum absolute atomic E-state index is 12.9. The van der Waals surface area contributed by atoms with Gasteiger partial charge in [-0.15, -0.1) is 0 Å². The number of hydrogen-bond donors (Lipinski definition) is 2. The fourth-order valence-electron chi connectivity index (χ4n) is 1.86. The number of anilines is 1. The van der Waals surface area contributed by atoms with Crippen LogP contribution in [0.3, 0.4) is 0 Å². The van der Waals surface area contributed by atoms with Crippen LogP contribution in [0.15, 0.2) is 42.6 Å². The molecule has 1 aromatic heterocycles. The molecule has 0 aliphatic rings. The highest BCUT2D eigenvalue weighted by molar-refractivity contribution is 5.97. The number of hydrazine groups is 1. The SMILES string of the molecule is O=C(NNc1ccccc1C(F)(F)F)c1cccnc1OCC(F)(F)F. The van der Waals surface area contributed by atoms with E-state index in [0.29, 0.717) is 0 Å². The molecule has 1 aromatic carbocycles. The molecule has 0 aliphatic heterocycles. The Morgan fingerprint density at radius 3 is 2.38 bits per heavy atom. The van der Waals surface area contributed by atoms with E-state index in [0.717, 1.165) is 24.4 Å². The second kappa shape index (κ2) is 7.50. The number of halogens is 6. The number of para-hydroxylation sites is 1. The largest absolute Gasteiger partial charge is 0.467 e. The molecule has 0 atom stereocenters. The molecule has 2 rings (SSSR count). The van der Waals surface area contributed by atoms with Gasteiger partial charge in [-0.05, 0) is 24.3 Å². The van der Waals surface area contributed by atoms with Crippen molar-refractivity contribution in [1.29, 1.82) is 0 Å². The van der Waals surface area contributed by atoms with Crippen molar-refractivity contribution in [2.24, 2.45) is 0 Å². The molecular formula is C15H11F6N3O2. The third kappa shape index (κ3) is 5.26. The summed E-state index contributed by atoms with van der Waals surface area (Å²) >= 11 is 0. The minimum Gasteiger partial charge on any atom is -0.467 e. The van der Waals surface area contributed by atoms with Crippen LogP contribution in [0.2, 0.25) is 0 Å². The maximum atomic E-state index is 12.9. The van der Waals surface area contributed by atoms with Crippen molar-refractivity contribution in [3.8, 4) is 5.88 Å². The number of nitrogens with zero attached hydrogens (tertiary/aromatic N) is 1. The highest BCUT2D eigenvalue weighted by Crippen LogP contribution is 2.34. The summed E-state index contributed by atoms with van der Waals surface area (Å²) in [5.74, 6) is -1.62. The van der Waals surface area contributed by atoms with Gasteiger partial charge in [0.1, 0.15) is 5.56 Å². The summed E-state index contributed by atoms with van der Waals surface area (Å²) in [5, 5.41) is 0. The van der Waals surface area contributed by atoms with Gasteiger partial charge in [0.2, 0.25) is 5.88 Å². The number of hydrogen-bond acceptors (Lipinski definition) is 4. The van der Waals surface area contributed by atoms with Crippen molar-refractivity contribution in [3.63, 3.8) is 0 Å². The van der Waals surface area contributed by atoms with Crippen LogP contribution in [0, 0.1) is 0 Å². The van der Waals surface area contributed by atoms with E-state index in [9.17, 15) is 31.1 Å². The molecule has 0 bridgehead atoms. The van der Waals surface area contributed by atoms with E-state index in [2.05, 4.69) is 15.1 Å². The summed E-state index contributed by atoms with van der Waals surface area (Å²) in [5.41, 5.74) is 2.22. The molecule has 0 aliphatic carbocycles. The van der Waals surface area contributed by atoms with Gasteiger partial charge in [-0.2, -0.15) is 26.3 Å². The van der Waals surface area contributed by atoms with Crippen molar-refractivity contribution < 1.29 is 35.9 Å². The lowest BCUT2D eigenvalue weighted by molar-refractivity contribution is -0.154. The topological polar surface area (TPSA) is 63.2 Å². The summed E-state index contributed by atoms with van der Waals surface area (Å²) in [6.07, 6.45) is -8.20. The van der Waals surface area contributed by atoms with Crippen LogP contribution in [0.1, 0.15) is 15.9 Å². The Balaban J connectivity index is 2.13. The maximum Gasteiger partial charge on any atom is 0.422 e. The van der Waals surface area contributed by atoms with Crippen LogP contribution < -0.4 is 15.6 Å². The second-order valence-corrected chi connectivity index (χ2v) is 4.88. The van der Waals surface area contributed by atoms with E-state index in [4.69, 9.17) is 0 Å². The standard InChI is InChI=1S/C15H11F6N3O2/c16-14(17,18)8-26-13-9(4-3-7-22-13)12(25)24-23-11-6-2-1-5-10(11)15(19,20)21/h1-7,23H,8H2,(H,24,25). The molecule has 0 spiro atoms. The molecule has 2 aromatic rings. The van der Waals surface area contributed by atoms with Crippen LogP contribution in [-0.4, -0.2) is 23.7 Å². The molecule has 0 saturated heterocycles. The highest BCUT2D eigenvalue weighted by atomic mass is 19.4. The molecule has 0 radical (unpaired) electrons. The summed E-state index contributed by atoms with van der Waals surface area (Å²) < 4.78 is 79.8. The molecular weight excluding hydrogens is 368 g/mol. The average molecular weight is 379 g/mol. The number of ether oxygens (including phenoxy) is 1. The van der Waals surface area contributed by atoms with Gasteiger partial charge in [-0.3, -0.25) is 15.6 Å². The normalized spacial score (nSPS) is 11.8. The predicted molar refractivity (Wildman–Crippen MR) is 78.3 cm³/mol. The summed E-state index contributed by atoms with van der Waals surface area (Å²) in [7, 11) is 0. The Bertz CT molecular complexity index is 776. The molecule has 1 heterocycles. The first-order chi connectivity index (χ1) is 12.1. The van der Waals surface area contributed by atoms with Crippen LogP contribution in [-0.2, 0) is 6.18 Å². The predicted octanol–water partition coefficient (Wildman–Crippen LogP) is 3.80. The molecule has 26 heavy (non-hydrogen) atoms. The number of alkyl halides is 6. The van der Waals surface area contributed by atoms with Crippen molar-refractivity contribution in [2.75, 3.05) is 12.0 Å². The summed E-state index contributed by atoms with van der Waals surface area (Å²) in [6, 6.07) is 6.74. The van der Waals surface area contributed by atoms with Gasteiger partial charge in [-0.1, -0.05) is 12.1 Å². The Kier molecular flexibility index (Phi) is 5.58. The zero-order chi connectivity index (χ0) is 19.4. The first-order valence-electron chi connectivity index (χ1n) is 6.95. The Hall–Kier alpha value is -2.98. The lowest BCUT2D eigenvalue weighted by Gasteiger charge is -2.16. The van der Waals surface area contributed by atoms with Crippen LogP contribution in [0.4, 0.5) is 32.0 Å². The minimum atomic E-state index is -4.66. The number of aromatic nitrogens is 1. The summed E-state index contributed by atoms with van der Waals surface area (Å²) in [6.45, 7) is -1.67. The monoisotopic (exact) mass is 379 g/mol. The van der Waals surface area contributed by atoms with E-state index >= 15 is 0 Å². The molecule has 11 heteroatoms. The number of carbonyl (C=O) groups excluding carboxylic acids is 1. The van der Waals surface area contributed by atoms with Gasteiger partial charge in [0.25, 0.3) is 5.91 Å². The number of rotatable bonds is 5. The van der Waals surface area contributed by atoms with Gasteiger partial charge < -0.3 is 4.74 Å². The lowest BCUT2D eigenvalue weighted by atomic mass is 10.2. The molecule has 1 amide bonds. The molecule has 140 valence electrons. The van der Waals surface area contributed by atoms with Crippen molar-refractivity contribution in [2.45, 2.75) is 12.4 Å². The van der Waals surface area contributed by atoms with Gasteiger partial charge in [-0.25, -0.2) is 4.98 Å². The molecule has 0 unspecified atom stereocenters. The first kappa shape index (κ1) is 19.3. The Morgan fingerprint density at radius 2 is 1.73 bits per heavy atom. The van der Waals surface area contributed by atoms with Gasteiger partial charge >= 0.3 is 12.4 Å².